The van der Waals surface area contributed by atoms with Crippen molar-refractivity contribution in [3.05, 3.63) is 35.9 Å². The predicted molar refractivity (Wildman–Crippen MR) is 98.0 cm³/mol. The third-order valence-corrected chi connectivity index (χ3v) is 4.39. The highest BCUT2D eigenvalue weighted by molar-refractivity contribution is 5.68. The number of carbonyl (C=O) groups is 1. The molecule has 0 aliphatic heterocycles. The number of nitrogens with one attached hydrogen (secondary N) is 1. The fourth-order valence-corrected chi connectivity index (χ4v) is 3.02. The quantitative estimate of drug-likeness (QED) is 0.846. The lowest BCUT2D eigenvalue weighted by atomic mass is 9.96. The molecule has 2 atom stereocenters. The lowest BCUT2D eigenvalue weighted by Gasteiger charge is -2.25. The van der Waals surface area contributed by atoms with E-state index in [0.717, 1.165) is 12.8 Å². The Morgan fingerprint density at radius 2 is 1.71 bits per heavy atom. The van der Waals surface area contributed by atoms with Crippen molar-refractivity contribution in [3.63, 3.8) is 0 Å². The van der Waals surface area contributed by atoms with Crippen LogP contribution >= 0.6 is 0 Å². The molecule has 1 unspecified atom stereocenters. The van der Waals surface area contributed by atoms with Crippen LogP contribution in [0.5, 0.6) is 0 Å². The molecule has 0 spiro atoms. The first-order valence-electron chi connectivity index (χ1n) is 9.15. The van der Waals surface area contributed by atoms with E-state index >= 15 is 0 Å². The van der Waals surface area contributed by atoms with E-state index < -0.39 is 5.60 Å². The third kappa shape index (κ3) is 6.91. The van der Waals surface area contributed by atoms with Crippen LogP contribution in [0.3, 0.4) is 0 Å². The third-order valence-electron chi connectivity index (χ3n) is 4.39. The molecule has 4 nitrogen and oxygen atoms in total. The lowest BCUT2D eigenvalue weighted by Crippen LogP contribution is -2.39. The Morgan fingerprint density at radius 3 is 2.21 bits per heavy atom. The van der Waals surface area contributed by atoms with Crippen molar-refractivity contribution in [1.29, 1.82) is 0 Å². The van der Waals surface area contributed by atoms with Gasteiger partial charge < -0.3 is 15.8 Å². The molecule has 134 valence electrons. The van der Waals surface area contributed by atoms with Crippen LogP contribution in [0.4, 0.5) is 4.79 Å². The van der Waals surface area contributed by atoms with Crippen molar-refractivity contribution in [2.45, 2.75) is 82.9 Å². The summed E-state index contributed by atoms with van der Waals surface area (Å²) < 4.78 is 5.19. The fourth-order valence-electron chi connectivity index (χ4n) is 3.02. The van der Waals surface area contributed by atoms with Gasteiger partial charge >= 0.3 is 6.09 Å². The molecule has 0 bridgehead atoms. The second-order valence-electron chi connectivity index (χ2n) is 7.90. The molecule has 2 saturated carbocycles. The van der Waals surface area contributed by atoms with Gasteiger partial charge in [0, 0.05) is 18.0 Å². The number of ether oxygens (including phenoxy) is 1. The molecule has 2 aliphatic rings. The van der Waals surface area contributed by atoms with Crippen molar-refractivity contribution < 1.29 is 9.53 Å². The summed E-state index contributed by atoms with van der Waals surface area (Å²) >= 11 is 0. The molecular formula is C20H32N2O2. The molecule has 24 heavy (non-hydrogen) atoms. The van der Waals surface area contributed by atoms with Crippen molar-refractivity contribution >= 4 is 6.09 Å². The van der Waals surface area contributed by atoms with Crippen molar-refractivity contribution in [3.8, 4) is 0 Å². The Kier molecular flexibility index (Phi) is 6.67. The second kappa shape index (κ2) is 8.52. The van der Waals surface area contributed by atoms with E-state index in [2.05, 4.69) is 29.6 Å². The number of hydrogen-bond donors (Lipinski definition) is 2. The monoisotopic (exact) mass is 332 g/mol. The Balaban J connectivity index is 0.000000182. The minimum Gasteiger partial charge on any atom is -0.444 e. The van der Waals surface area contributed by atoms with Crippen molar-refractivity contribution in [1.82, 2.24) is 5.32 Å². The van der Waals surface area contributed by atoms with Crippen LogP contribution in [0.1, 0.15) is 70.8 Å². The molecule has 2 fully saturated rings. The number of amides is 1. The van der Waals surface area contributed by atoms with Crippen molar-refractivity contribution in [2.75, 3.05) is 0 Å². The van der Waals surface area contributed by atoms with Gasteiger partial charge in [-0.2, -0.15) is 0 Å². The summed E-state index contributed by atoms with van der Waals surface area (Å²) in [6.45, 7) is 5.65. The average molecular weight is 332 g/mol. The van der Waals surface area contributed by atoms with E-state index in [0.29, 0.717) is 18.0 Å². The van der Waals surface area contributed by atoms with Gasteiger partial charge in [0.2, 0.25) is 0 Å². The summed E-state index contributed by atoms with van der Waals surface area (Å²) in [5.74, 6) is 0.654. The summed E-state index contributed by atoms with van der Waals surface area (Å²) in [7, 11) is 0. The van der Waals surface area contributed by atoms with Gasteiger partial charge in [0.1, 0.15) is 5.60 Å². The van der Waals surface area contributed by atoms with Crippen LogP contribution in [0.15, 0.2) is 30.3 Å². The second-order valence-corrected chi connectivity index (χ2v) is 7.90. The molecule has 1 aromatic carbocycles. The van der Waals surface area contributed by atoms with Crippen LogP contribution in [-0.2, 0) is 4.74 Å². The van der Waals surface area contributed by atoms with Crippen LogP contribution < -0.4 is 11.1 Å². The largest absolute Gasteiger partial charge is 0.444 e. The van der Waals surface area contributed by atoms with E-state index in [1.54, 1.807) is 0 Å². The fraction of sp³-hybridized carbons (Fsp3) is 0.650. The number of hydrogen-bond acceptors (Lipinski definition) is 3. The molecule has 0 aromatic heterocycles. The molecule has 3 N–H and O–H groups in total. The molecule has 1 amide bonds. The van der Waals surface area contributed by atoms with E-state index in [-0.39, 0.29) is 6.09 Å². The first-order valence-corrected chi connectivity index (χ1v) is 9.15. The average Bonchev–Trinajstić information content (AvgIpc) is 3.25. The Hall–Kier alpha value is -1.55. The summed E-state index contributed by atoms with van der Waals surface area (Å²) in [4.78, 5) is 11.4. The molecule has 4 heteroatoms. The zero-order chi connectivity index (χ0) is 17.6. The summed E-state index contributed by atoms with van der Waals surface area (Å²) in [5, 5.41) is 2.91. The smallest absolute Gasteiger partial charge is 0.407 e. The minimum absolute atomic E-state index is 0.274. The summed E-state index contributed by atoms with van der Waals surface area (Å²) in [5.41, 5.74) is 6.71. The zero-order valence-electron chi connectivity index (χ0n) is 15.3. The highest BCUT2D eigenvalue weighted by Gasteiger charge is 2.34. The molecule has 1 aromatic rings. The number of nitrogens with two attached hydrogens (primary N) is 1. The SMILES string of the molecule is CC(C)(C)OC(=O)NC1CCCCC1.NC1C[C@H]1c1ccccc1. The van der Waals surface area contributed by atoms with Crippen LogP contribution in [-0.4, -0.2) is 23.8 Å². The van der Waals surface area contributed by atoms with Gasteiger partial charge in [0.05, 0.1) is 0 Å². The van der Waals surface area contributed by atoms with E-state index in [1.165, 1.54) is 31.2 Å². The minimum atomic E-state index is -0.390. The Bertz CT molecular complexity index is 504. The normalized spacial score (nSPS) is 23.7. The maximum atomic E-state index is 11.4. The summed E-state index contributed by atoms with van der Waals surface area (Å²) in [6.07, 6.45) is 6.83. The van der Waals surface area contributed by atoms with E-state index in [4.69, 9.17) is 10.5 Å². The number of benzene rings is 1. The van der Waals surface area contributed by atoms with Gasteiger partial charge in [-0.05, 0) is 45.6 Å². The van der Waals surface area contributed by atoms with Gasteiger partial charge in [-0.3, -0.25) is 0 Å². The van der Waals surface area contributed by atoms with Gasteiger partial charge in [0.15, 0.2) is 0 Å². The van der Waals surface area contributed by atoms with Gasteiger partial charge in [-0.1, -0.05) is 49.6 Å². The molecular weight excluding hydrogens is 300 g/mol. The predicted octanol–water partition coefficient (Wildman–Crippen LogP) is 4.35. The number of carbonyl (C=O) groups excluding carboxylic acids is 1. The molecule has 3 rings (SSSR count). The summed E-state index contributed by atoms with van der Waals surface area (Å²) in [6, 6.07) is 11.2. The Morgan fingerprint density at radius 1 is 1.12 bits per heavy atom. The first-order chi connectivity index (χ1) is 11.3. The highest BCUT2D eigenvalue weighted by atomic mass is 16.6. The van der Waals surface area contributed by atoms with Gasteiger partial charge in [-0.15, -0.1) is 0 Å². The van der Waals surface area contributed by atoms with Crippen LogP contribution in [0.2, 0.25) is 0 Å². The standard InChI is InChI=1S/C11H21NO2.C9H11N/c1-11(2,3)14-10(13)12-9-7-5-4-6-8-9;10-9-6-8(9)7-4-2-1-3-5-7/h9H,4-8H2,1-3H3,(H,12,13);1-5,8-9H,6,10H2/t;8-,9?/m.0/s1. The molecule has 0 saturated heterocycles. The van der Waals surface area contributed by atoms with E-state index in [1.807, 2.05) is 26.8 Å². The van der Waals surface area contributed by atoms with Crippen LogP contribution in [0, 0.1) is 0 Å². The first kappa shape index (κ1) is 18.8. The molecule has 2 aliphatic carbocycles. The topological polar surface area (TPSA) is 64.3 Å². The van der Waals surface area contributed by atoms with Gasteiger partial charge in [-0.25, -0.2) is 4.79 Å². The molecule has 0 heterocycles. The number of rotatable bonds is 2. The lowest BCUT2D eigenvalue weighted by molar-refractivity contribution is 0.0493. The van der Waals surface area contributed by atoms with Crippen LogP contribution in [0.25, 0.3) is 0 Å². The van der Waals surface area contributed by atoms with E-state index in [9.17, 15) is 4.79 Å². The maximum absolute atomic E-state index is 11.4. The Labute approximate surface area is 146 Å². The molecule has 0 radical (unpaired) electrons. The highest BCUT2D eigenvalue weighted by Crippen LogP contribution is 2.38. The van der Waals surface area contributed by atoms with Gasteiger partial charge in [0.25, 0.3) is 0 Å². The maximum Gasteiger partial charge on any atom is 0.407 e. The number of alkyl carbamates (subject to hydrolysis) is 1. The zero-order valence-corrected chi connectivity index (χ0v) is 15.3. The van der Waals surface area contributed by atoms with Crippen molar-refractivity contribution in [2.24, 2.45) is 5.73 Å².